The molecular weight excluding hydrogens is 332 g/mol. The topological polar surface area (TPSA) is 90.1 Å². The number of hydrogen-bond donors (Lipinski definition) is 1. The molecule has 0 aliphatic heterocycles. The molecule has 1 heterocycles. The first-order valence-corrected chi connectivity index (χ1v) is 8.10. The average molecular weight is 350 g/mol. The Bertz CT molecular complexity index is 964. The molecule has 0 aliphatic rings. The van der Waals surface area contributed by atoms with E-state index in [1.807, 2.05) is 37.3 Å². The van der Waals surface area contributed by atoms with E-state index in [0.29, 0.717) is 11.4 Å². The monoisotopic (exact) mass is 350 g/mol. The van der Waals surface area contributed by atoms with Crippen LogP contribution in [0.1, 0.15) is 21.7 Å². The van der Waals surface area contributed by atoms with Crippen molar-refractivity contribution in [2.45, 2.75) is 20.4 Å². The van der Waals surface area contributed by atoms with Gasteiger partial charge in [0.05, 0.1) is 0 Å². The number of hydrogen-bond acceptors (Lipinski definition) is 5. The Morgan fingerprint density at radius 3 is 2.42 bits per heavy atom. The van der Waals surface area contributed by atoms with Crippen LogP contribution in [-0.2, 0) is 6.54 Å². The standard InChI is InChI=1S/C19H18N4O3/c1-13-8-6-7-11-16(13)21-18-19(23(25)26)22(14(2)20-18)12-17(24)15-9-4-3-5-10-15/h3-11,21H,12H2,1-2H3. The molecule has 3 rings (SSSR count). The lowest BCUT2D eigenvalue weighted by molar-refractivity contribution is -0.391. The van der Waals surface area contributed by atoms with Crippen LogP contribution in [0.25, 0.3) is 0 Å². The number of nitrogens with zero attached hydrogens (tertiary/aromatic N) is 3. The summed E-state index contributed by atoms with van der Waals surface area (Å²) in [6.45, 7) is 3.40. The third-order valence-electron chi connectivity index (χ3n) is 4.10. The van der Waals surface area contributed by atoms with Gasteiger partial charge in [-0.25, -0.2) is 4.57 Å². The van der Waals surface area contributed by atoms with Crippen LogP contribution in [0.3, 0.4) is 0 Å². The molecule has 7 heteroatoms. The smallest absolute Gasteiger partial charge is 0.358 e. The van der Waals surface area contributed by atoms with Crippen LogP contribution >= 0.6 is 0 Å². The minimum absolute atomic E-state index is 0.127. The molecule has 0 unspecified atom stereocenters. The Labute approximate surface area is 150 Å². The number of aromatic nitrogens is 2. The largest absolute Gasteiger partial charge is 0.368 e. The Kier molecular flexibility index (Phi) is 4.79. The van der Waals surface area contributed by atoms with Gasteiger partial charge in [0.15, 0.2) is 12.4 Å². The van der Waals surface area contributed by atoms with E-state index in [9.17, 15) is 14.9 Å². The number of nitrogens with one attached hydrogen (secondary N) is 1. The Balaban J connectivity index is 1.96. The highest BCUT2D eigenvalue weighted by Crippen LogP contribution is 2.29. The van der Waals surface area contributed by atoms with Crippen LogP contribution < -0.4 is 5.32 Å². The molecule has 0 saturated carbocycles. The molecule has 0 radical (unpaired) electrons. The van der Waals surface area contributed by atoms with Gasteiger partial charge in [0.25, 0.3) is 0 Å². The van der Waals surface area contributed by atoms with Crippen molar-refractivity contribution >= 4 is 23.1 Å². The van der Waals surface area contributed by atoms with Gasteiger partial charge in [0.2, 0.25) is 11.6 Å². The maximum absolute atomic E-state index is 12.5. The third-order valence-corrected chi connectivity index (χ3v) is 4.10. The predicted octanol–water partition coefficient (Wildman–Crippen LogP) is 4.03. The van der Waals surface area contributed by atoms with Crippen molar-refractivity contribution < 1.29 is 9.72 Å². The van der Waals surface area contributed by atoms with Crippen molar-refractivity contribution in [2.75, 3.05) is 5.32 Å². The second-order valence-corrected chi connectivity index (χ2v) is 5.90. The number of carbonyl (C=O) groups excluding carboxylic acids is 1. The summed E-state index contributed by atoms with van der Waals surface area (Å²) in [4.78, 5) is 27.9. The highest BCUT2D eigenvalue weighted by molar-refractivity contribution is 5.96. The second-order valence-electron chi connectivity index (χ2n) is 5.90. The zero-order valence-electron chi connectivity index (χ0n) is 14.5. The fourth-order valence-electron chi connectivity index (χ4n) is 2.71. The fraction of sp³-hybridized carbons (Fsp3) is 0.158. The van der Waals surface area contributed by atoms with Gasteiger partial charge in [-0.2, -0.15) is 4.98 Å². The maximum Gasteiger partial charge on any atom is 0.368 e. The number of rotatable bonds is 6. The van der Waals surface area contributed by atoms with Crippen LogP contribution in [0.4, 0.5) is 17.3 Å². The van der Waals surface area contributed by atoms with E-state index >= 15 is 0 Å². The molecule has 7 nitrogen and oxygen atoms in total. The lowest BCUT2D eigenvalue weighted by Gasteiger charge is -2.07. The highest BCUT2D eigenvalue weighted by atomic mass is 16.6. The molecule has 3 aromatic rings. The summed E-state index contributed by atoms with van der Waals surface area (Å²) in [6.07, 6.45) is 0. The Morgan fingerprint density at radius 1 is 1.12 bits per heavy atom. The third kappa shape index (κ3) is 3.46. The molecule has 0 saturated heterocycles. The van der Waals surface area contributed by atoms with Crippen molar-refractivity contribution in [2.24, 2.45) is 0 Å². The first-order valence-electron chi connectivity index (χ1n) is 8.10. The lowest BCUT2D eigenvalue weighted by Crippen LogP contribution is -2.14. The quantitative estimate of drug-likeness (QED) is 0.412. The van der Waals surface area contributed by atoms with Crippen molar-refractivity contribution in [1.82, 2.24) is 9.55 Å². The van der Waals surface area contributed by atoms with Crippen molar-refractivity contribution in [3.8, 4) is 0 Å². The molecule has 0 fully saturated rings. The first kappa shape index (κ1) is 17.3. The number of imidazole rings is 1. The SMILES string of the molecule is Cc1ccccc1Nc1nc(C)n(CC(=O)c2ccccc2)c1[N+](=O)[O-]. The molecule has 0 atom stereocenters. The highest BCUT2D eigenvalue weighted by Gasteiger charge is 2.27. The number of nitro groups is 1. The van der Waals surface area contributed by atoms with Gasteiger partial charge in [0.1, 0.15) is 0 Å². The molecule has 26 heavy (non-hydrogen) atoms. The van der Waals surface area contributed by atoms with Gasteiger partial charge in [-0.15, -0.1) is 0 Å². The fourth-order valence-corrected chi connectivity index (χ4v) is 2.71. The van der Waals surface area contributed by atoms with E-state index in [1.165, 1.54) is 4.57 Å². The van der Waals surface area contributed by atoms with Crippen LogP contribution in [0.5, 0.6) is 0 Å². The second kappa shape index (κ2) is 7.18. The van der Waals surface area contributed by atoms with Gasteiger partial charge in [0, 0.05) is 18.2 Å². The van der Waals surface area contributed by atoms with Crippen LogP contribution in [0.2, 0.25) is 0 Å². The van der Waals surface area contributed by atoms with E-state index in [0.717, 1.165) is 11.3 Å². The van der Waals surface area contributed by atoms with Crippen LogP contribution in [0, 0.1) is 24.0 Å². The molecule has 1 aromatic heterocycles. The van der Waals surface area contributed by atoms with Crippen LogP contribution in [0.15, 0.2) is 54.6 Å². The summed E-state index contributed by atoms with van der Waals surface area (Å²) in [5.41, 5.74) is 2.17. The number of para-hydroxylation sites is 1. The number of benzene rings is 2. The average Bonchev–Trinajstić information content (AvgIpc) is 2.93. The van der Waals surface area contributed by atoms with Crippen LogP contribution in [-0.4, -0.2) is 20.3 Å². The van der Waals surface area contributed by atoms with Gasteiger partial charge in [-0.05, 0) is 23.5 Å². The summed E-state index contributed by atoms with van der Waals surface area (Å²) >= 11 is 0. The van der Waals surface area contributed by atoms with Gasteiger partial charge in [-0.1, -0.05) is 48.5 Å². The minimum atomic E-state index is -0.515. The molecule has 0 spiro atoms. The summed E-state index contributed by atoms with van der Waals surface area (Å²) in [7, 11) is 0. The number of ketones is 1. The minimum Gasteiger partial charge on any atom is -0.358 e. The normalized spacial score (nSPS) is 10.5. The van der Waals surface area contributed by atoms with E-state index in [4.69, 9.17) is 0 Å². The summed E-state index contributed by atoms with van der Waals surface area (Å²) in [6, 6.07) is 16.1. The Morgan fingerprint density at radius 2 is 1.77 bits per heavy atom. The van der Waals surface area contributed by atoms with E-state index in [-0.39, 0.29) is 24.0 Å². The van der Waals surface area contributed by atoms with Crippen molar-refractivity contribution in [3.63, 3.8) is 0 Å². The van der Waals surface area contributed by atoms with E-state index < -0.39 is 4.92 Å². The molecular formula is C19H18N4O3. The number of carbonyl (C=O) groups is 1. The summed E-state index contributed by atoms with van der Waals surface area (Å²) < 4.78 is 1.33. The van der Waals surface area contributed by atoms with Gasteiger partial charge >= 0.3 is 5.82 Å². The van der Waals surface area contributed by atoms with E-state index in [2.05, 4.69) is 10.3 Å². The zero-order valence-corrected chi connectivity index (χ0v) is 14.5. The van der Waals surface area contributed by atoms with E-state index in [1.54, 1.807) is 31.2 Å². The number of Topliss-reactive ketones (excluding diaryl/α,β-unsaturated/α-hetero) is 1. The van der Waals surface area contributed by atoms with Gasteiger partial charge in [-0.3, -0.25) is 4.79 Å². The van der Waals surface area contributed by atoms with Crippen molar-refractivity contribution in [3.05, 3.63) is 81.7 Å². The van der Waals surface area contributed by atoms with Crippen molar-refractivity contribution in [1.29, 1.82) is 0 Å². The number of aryl methyl sites for hydroxylation is 2. The lowest BCUT2D eigenvalue weighted by atomic mass is 10.1. The molecule has 2 aromatic carbocycles. The zero-order chi connectivity index (χ0) is 18.7. The molecule has 1 N–H and O–H groups in total. The van der Waals surface area contributed by atoms with Gasteiger partial charge < -0.3 is 15.4 Å². The predicted molar refractivity (Wildman–Crippen MR) is 98.9 cm³/mol. The summed E-state index contributed by atoms with van der Waals surface area (Å²) in [5, 5.41) is 14.7. The summed E-state index contributed by atoms with van der Waals surface area (Å²) in [5.74, 6) is 0.0893. The maximum atomic E-state index is 12.5. The molecule has 132 valence electrons. The number of anilines is 2. The molecule has 0 amide bonds. The molecule has 0 bridgehead atoms. The first-order chi connectivity index (χ1) is 12.5. The molecule has 0 aliphatic carbocycles. The Hall–Kier alpha value is -3.48.